The Morgan fingerprint density at radius 3 is 2.65 bits per heavy atom. The molecule has 1 saturated heterocycles. The summed E-state index contributed by atoms with van der Waals surface area (Å²) in [6.45, 7) is 4.11. The molecule has 3 heterocycles. The number of nitrogens with zero attached hydrogens (tertiary/aromatic N) is 5. The zero-order valence-electron chi connectivity index (χ0n) is 23.4. The van der Waals surface area contributed by atoms with E-state index in [1.807, 2.05) is 35.0 Å². The molecular formula is C31H38N6O3. The largest absolute Gasteiger partial charge is 0.497 e. The summed E-state index contributed by atoms with van der Waals surface area (Å²) in [7, 11) is 1.67. The van der Waals surface area contributed by atoms with Crippen LogP contribution in [0.2, 0.25) is 0 Å². The molecule has 2 atom stereocenters. The number of aromatic amines is 1. The molecule has 0 amide bonds. The first-order valence-corrected chi connectivity index (χ1v) is 14.5. The number of benzene rings is 2. The van der Waals surface area contributed by atoms with Crippen molar-refractivity contribution in [2.24, 2.45) is 0 Å². The second-order valence-electron chi connectivity index (χ2n) is 11.2. The van der Waals surface area contributed by atoms with E-state index in [-0.39, 0.29) is 17.7 Å². The zero-order chi connectivity index (χ0) is 27.5. The summed E-state index contributed by atoms with van der Waals surface area (Å²) < 4.78 is 13.5. The van der Waals surface area contributed by atoms with E-state index in [1.54, 1.807) is 7.11 Å². The van der Waals surface area contributed by atoms with E-state index in [2.05, 4.69) is 50.5 Å². The molecule has 4 aromatic rings. The summed E-state index contributed by atoms with van der Waals surface area (Å²) in [6.07, 6.45) is 7.77. The third-order valence-corrected chi connectivity index (χ3v) is 8.38. The van der Waals surface area contributed by atoms with Crippen molar-refractivity contribution in [1.29, 1.82) is 0 Å². The molecule has 2 fully saturated rings. The molecule has 0 unspecified atom stereocenters. The fourth-order valence-electron chi connectivity index (χ4n) is 6.29. The molecular weight excluding hydrogens is 504 g/mol. The predicted octanol–water partition coefficient (Wildman–Crippen LogP) is 5.11. The second kappa shape index (κ2) is 11.9. The van der Waals surface area contributed by atoms with Crippen molar-refractivity contribution in [3.05, 3.63) is 81.4 Å². The van der Waals surface area contributed by atoms with Gasteiger partial charge in [-0.25, -0.2) is 4.68 Å². The number of ether oxygens (including phenoxy) is 2. The number of aromatic nitrogens is 5. The Kier molecular flexibility index (Phi) is 7.93. The molecule has 9 nitrogen and oxygen atoms in total. The molecule has 210 valence electrons. The van der Waals surface area contributed by atoms with Gasteiger partial charge in [0.1, 0.15) is 11.8 Å². The number of H-pyrrole nitrogens is 1. The number of hydrogen-bond acceptors (Lipinski definition) is 7. The van der Waals surface area contributed by atoms with Crippen LogP contribution >= 0.6 is 0 Å². The van der Waals surface area contributed by atoms with Gasteiger partial charge in [0.2, 0.25) is 0 Å². The maximum Gasteiger partial charge on any atom is 0.253 e. The maximum atomic E-state index is 13.8. The molecule has 0 radical (unpaired) electrons. The van der Waals surface area contributed by atoms with Gasteiger partial charge in [0.05, 0.1) is 19.3 Å². The first kappa shape index (κ1) is 26.7. The zero-order valence-corrected chi connectivity index (χ0v) is 23.4. The third kappa shape index (κ3) is 5.67. The van der Waals surface area contributed by atoms with E-state index in [0.29, 0.717) is 18.7 Å². The molecule has 2 aromatic carbocycles. The summed E-state index contributed by atoms with van der Waals surface area (Å²) >= 11 is 0. The highest BCUT2D eigenvalue weighted by Gasteiger charge is 2.35. The Hall–Kier alpha value is -3.56. The molecule has 0 spiro atoms. The molecule has 9 heteroatoms. The Bertz CT molecular complexity index is 1490. The number of pyridine rings is 1. The van der Waals surface area contributed by atoms with Gasteiger partial charge < -0.3 is 14.5 Å². The van der Waals surface area contributed by atoms with Crippen LogP contribution in [0, 0.1) is 6.92 Å². The van der Waals surface area contributed by atoms with Gasteiger partial charge in [-0.1, -0.05) is 43.0 Å². The second-order valence-corrected chi connectivity index (χ2v) is 11.2. The van der Waals surface area contributed by atoms with Gasteiger partial charge in [0.25, 0.3) is 5.56 Å². The van der Waals surface area contributed by atoms with Gasteiger partial charge in [-0.3, -0.25) is 9.69 Å². The van der Waals surface area contributed by atoms with Crippen LogP contribution in [0.1, 0.15) is 79.5 Å². The van der Waals surface area contributed by atoms with Crippen LogP contribution in [0.15, 0.2) is 53.3 Å². The van der Waals surface area contributed by atoms with Gasteiger partial charge in [-0.05, 0) is 84.3 Å². The number of hydrogen-bond donors (Lipinski definition) is 1. The van der Waals surface area contributed by atoms with E-state index >= 15 is 0 Å². The lowest BCUT2D eigenvalue weighted by molar-refractivity contribution is 0.0567. The van der Waals surface area contributed by atoms with Crippen molar-refractivity contribution >= 4 is 10.9 Å². The minimum atomic E-state index is -0.447. The SMILES string of the molecule is COc1ccc(CN(C[C@H]2CCCO2)[C@H](c2cc3cc(C)ccc3[nH]c2=O)c2nnnn2C2CCCCC2)cc1. The minimum Gasteiger partial charge on any atom is -0.497 e. The average molecular weight is 543 g/mol. The third-order valence-electron chi connectivity index (χ3n) is 8.38. The van der Waals surface area contributed by atoms with Crippen LogP contribution in [-0.4, -0.2) is 56.5 Å². The van der Waals surface area contributed by atoms with E-state index in [9.17, 15) is 4.79 Å². The van der Waals surface area contributed by atoms with Crippen molar-refractivity contribution in [2.45, 2.75) is 76.6 Å². The number of aryl methyl sites for hydroxylation is 1. The maximum absolute atomic E-state index is 13.8. The number of fused-ring (bicyclic) bond motifs is 1. The van der Waals surface area contributed by atoms with Crippen LogP contribution in [-0.2, 0) is 11.3 Å². The molecule has 1 aliphatic heterocycles. The summed E-state index contributed by atoms with van der Waals surface area (Å²) in [4.78, 5) is 19.3. The predicted molar refractivity (Wildman–Crippen MR) is 153 cm³/mol. The van der Waals surface area contributed by atoms with Gasteiger partial charge in [0.15, 0.2) is 5.82 Å². The monoisotopic (exact) mass is 542 g/mol. The van der Waals surface area contributed by atoms with Crippen LogP contribution in [0.5, 0.6) is 5.75 Å². The Labute approximate surface area is 234 Å². The molecule has 6 rings (SSSR count). The first-order valence-electron chi connectivity index (χ1n) is 14.5. The van der Waals surface area contributed by atoms with Crippen molar-refractivity contribution < 1.29 is 9.47 Å². The average Bonchev–Trinajstić information content (AvgIpc) is 3.67. The van der Waals surface area contributed by atoms with Crippen molar-refractivity contribution in [3.63, 3.8) is 0 Å². The van der Waals surface area contributed by atoms with Gasteiger partial charge in [-0.2, -0.15) is 0 Å². The molecule has 2 aliphatic rings. The molecule has 2 aromatic heterocycles. The molecule has 1 aliphatic carbocycles. The Balaban J connectivity index is 1.49. The topological polar surface area (TPSA) is 98.2 Å². The fraction of sp³-hybridized carbons (Fsp3) is 0.484. The quantitative estimate of drug-likeness (QED) is 0.314. The lowest BCUT2D eigenvalue weighted by Crippen LogP contribution is -2.39. The lowest BCUT2D eigenvalue weighted by Gasteiger charge is -2.34. The minimum absolute atomic E-state index is 0.0848. The summed E-state index contributed by atoms with van der Waals surface area (Å²) in [5.41, 5.74) is 3.62. The van der Waals surface area contributed by atoms with Crippen molar-refractivity contribution in [1.82, 2.24) is 30.1 Å². The van der Waals surface area contributed by atoms with Crippen LogP contribution in [0.4, 0.5) is 0 Å². The smallest absolute Gasteiger partial charge is 0.253 e. The number of tetrazole rings is 1. The normalized spacial score (nSPS) is 18.9. The van der Waals surface area contributed by atoms with Gasteiger partial charge in [0, 0.05) is 30.8 Å². The summed E-state index contributed by atoms with van der Waals surface area (Å²) in [5, 5.41) is 14.3. The van der Waals surface area contributed by atoms with Crippen LogP contribution in [0.3, 0.4) is 0 Å². The summed E-state index contributed by atoms with van der Waals surface area (Å²) in [5.74, 6) is 1.53. The summed E-state index contributed by atoms with van der Waals surface area (Å²) in [6, 6.07) is 16.0. The van der Waals surface area contributed by atoms with Crippen LogP contribution < -0.4 is 10.3 Å². The molecule has 1 saturated carbocycles. The van der Waals surface area contributed by atoms with Gasteiger partial charge >= 0.3 is 0 Å². The van der Waals surface area contributed by atoms with E-state index < -0.39 is 6.04 Å². The molecule has 0 bridgehead atoms. The van der Waals surface area contributed by atoms with Crippen molar-refractivity contribution in [2.75, 3.05) is 20.3 Å². The highest BCUT2D eigenvalue weighted by molar-refractivity contribution is 5.79. The van der Waals surface area contributed by atoms with E-state index in [4.69, 9.17) is 9.47 Å². The molecule has 40 heavy (non-hydrogen) atoms. The first-order chi connectivity index (χ1) is 19.6. The van der Waals surface area contributed by atoms with Gasteiger partial charge in [-0.15, -0.1) is 5.10 Å². The van der Waals surface area contributed by atoms with Crippen LogP contribution in [0.25, 0.3) is 10.9 Å². The highest BCUT2D eigenvalue weighted by atomic mass is 16.5. The fourth-order valence-corrected chi connectivity index (χ4v) is 6.29. The highest BCUT2D eigenvalue weighted by Crippen LogP contribution is 2.34. The lowest BCUT2D eigenvalue weighted by atomic mass is 9.95. The molecule has 1 N–H and O–H groups in total. The number of methoxy groups -OCH3 is 1. The van der Waals surface area contributed by atoms with E-state index in [0.717, 1.165) is 78.7 Å². The number of nitrogens with one attached hydrogen (secondary N) is 1. The van der Waals surface area contributed by atoms with E-state index in [1.165, 1.54) is 6.42 Å². The number of rotatable bonds is 9. The van der Waals surface area contributed by atoms with Crippen molar-refractivity contribution in [3.8, 4) is 5.75 Å². The Morgan fingerprint density at radius 2 is 1.90 bits per heavy atom. The standard InChI is InChI=1S/C31H38N6O3/c1-21-10-15-28-23(17-21)18-27(31(38)32-28)29(30-33-34-35-37(30)24-7-4-3-5-8-24)36(20-26-9-6-16-40-26)19-22-11-13-25(39-2)14-12-22/h10-15,17-18,24,26,29H,3-9,16,19-20H2,1-2H3,(H,32,38)/t26-,29-/m1/s1. The Morgan fingerprint density at radius 1 is 1.07 bits per heavy atom.